The molecule has 186 valence electrons. The molecule has 2 aliphatic carbocycles. The summed E-state index contributed by atoms with van der Waals surface area (Å²) in [6.07, 6.45) is 16.7. The van der Waals surface area contributed by atoms with Crippen LogP contribution in [0.25, 0.3) is 5.57 Å². The molecule has 0 N–H and O–H groups in total. The third-order valence-electron chi connectivity index (χ3n) is 8.01. The van der Waals surface area contributed by atoms with E-state index in [4.69, 9.17) is 0 Å². The molecule has 1 unspecified atom stereocenters. The van der Waals surface area contributed by atoms with Crippen molar-refractivity contribution < 1.29 is 22.0 Å². The largest absolute Gasteiger partial charge is 0.422 e. The Morgan fingerprint density at radius 1 is 0.909 bits per heavy atom. The number of alkyl halides is 3. The molecule has 0 heterocycles. The van der Waals surface area contributed by atoms with Crippen molar-refractivity contribution in [2.45, 2.75) is 116 Å². The van der Waals surface area contributed by atoms with E-state index in [0.29, 0.717) is 17.8 Å². The Hall–Kier alpha value is -1.39. The molecule has 0 bridgehead atoms. The average Bonchev–Trinajstić information content (AvgIpc) is 2.77. The lowest BCUT2D eigenvalue weighted by atomic mass is 9.68. The van der Waals surface area contributed by atoms with Gasteiger partial charge in [0.15, 0.2) is 0 Å². The minimum atomic E-state index is -5.02. The maximum Gasteiger partial charge on any atom is 0.422 e. The van der Waals surface area contributed by atoms with Crippen molar-refractivity contribution in [2.24, 2.45) is 11.3 Å². The van der Waals surface area contributed by atoms with E-state index in [1.165, 1.54) is 77.0 Å². The topological polar surface area (TPSA) is 0 Å². The first-order chi connectivity index (χ1) is 15.7. The van der Waals surface area contributed by atoms with Gasteiger partial charge in [0, 0.05) is 0 Å². The second-order valence-electron chi connectivity index (χ2n) is 10.4. The monoisotopic (exact) mass is 470 g/mol. The summed E-state index contributed by atoms with van der Waals surface area (Å²) in [5.74, 6) is -2.51. The van der Waals surface area contributed by atoms with Gasteiger partial charge in [-0.15, -0.1) is 0 Å². The van der Waals surface area contributed by atoms with Crippen LogP contribution in [0.2, 0.25) is 0 Å². The zero-order valence-electron chi connectivity index (χ0n) is 20.0. The predicted molar refractivity (Wildman–Crippen MR) is 125 cm³/mol. The van der Waals surface area contributed by atoms with Crippen LogP contribution in [-0.4, -0.2) is 0 Å². The van der Waals surface area contributed by atoms with E-state index >= 15 is 0 Å². The van der Waals surface area contributed by atoms with Gasteiger partial charge < -0.3 is 0 Å². The SMILES string of the molecule is CCCCCC1(CCCCC2CC=C(c3cc(F)c(C(F)(F)F)c(F)c3)CC2)CCCCC1. The molecule has 0 nitrogen and oxygen atoms in total. The van der Waals surface area contributed by atoms with E-state index in [1.54, 1.807) is 0 Å². The van der Waals surface area contributed by atoms with Crippen molar-refractivity contribution in [3.05, 3.63) is 41.0 Å². The third-order valence-corrected chi connectivity index (χ3v) is 8.01. The zero-order chi connectivity index (χ0) is 23.9. The van der Waals surface area contributed by atoms with E-state index in [0.717, 1.165) is 37.0 Å². The van der Waals surface area contributed by atoms with E-state index in [1.807, 2.05) is 6.08 Å². The van der Waals surface area contributed by atoms with E-state index < -0.39 is 23.4 Å². The fourth-order valence-electron chi connectivity index (χ4n) is 6.05. The summed E-state index contributed by atoms with van der Waals surface area (Å²) in [5.41, 5.74) is -0.229. The maximum atomic E-state index is 13.9. The molecule has 0 aliphatic heterocycles. The highest BCUT2D eigenvalue weighted by Crippen LogP contribution is 2.45. The Kier molecular flexibility index (Phi) is 9.41. The summed E-state index contributed by atoms with van der Waals surface area (Å²) in [6, 6.07) is 1.67. The molecule has 33 heavy (non-hydrogen) atoms. The second kappa shape index (κ2) is 11.8. The lowest BCUT2D eigenvalue weighted by molar-refractivity contribution is -0.142. The standard InChI is InChI=1S/C28H39F5/c1-2-3-6-15-27(16-7-4-8-17-27)18-9-5-10-21-11-13-22(14-12-21)23-19-24(29)26(25(30)20-23)28(31,32)33/h13,19-21H,2-12,14-18H2,1H3. The van der Waals surface area contributed by atoms with Gasteiger partial charge in [-0.25, -0.2) is 8.78 Å². The van der Waals surface area contributed by atoms with Gasteiger partial charge in [0.25, 0.3) is 0 Å². The van der Waals surface area contributed by atoms with Crippen molar-refractivity contribution in [1.29, 1.82) is 0 Å². The van der Waals surface area contributed by atoms with Crippen LogP contribution in [0.15, 0.2) is 18.2 Å². The number of allylic oxidation sites excluding steroid dienone is 2. The van der Waals surface area contributed by atoms with Crippen molar-refractivity contribution >= 4 is 5.57 Å². The van der Waals surface area contributed by atoms with Crippen LogP contribution in [0.1, 0.15) is 121 Å². The quantitative estimate of drug-likeness (QED) is 0.236. The molecule has 3 rings (SSSR count). The average molecular weight is 471 g/mol. The van der Waals surface area contributed by atoms with Crippen LogP contribution in [-0.2, 0) is 6.18 Å². The summed E-state index contributed by atoms with van der Waals surface area (Å²) in [6.45, 7) is 2.27. The molecule has 2 aliphatic rings. The number of hydrogen-bond acceptors (Lipinski definition) is 0. The van der Waals surface area contributed by atoms with Crippen molar-refractivity contribution in [3.63, 3.8) is 0 Å². The fourth-order valence-corrected chi connectivity index (χ4v) is 6.05. The summed E-state index contributed by atoms with van der Waals surface area (Å²) in [4.78, 5) is 0. The number of halogens is 5. The first kappa shape index (κ1) is 26.2. The van der Waals surface area contributed by atoms with Crippen molar-refractivity contribution in [3.8, 4) is 0 Å². The Labute approximate surface area is 196 Å². The Balaban J connectivity index is 1.48. The number of rotatable bonds is 10. The number of hydrogen-bond donors (Lipinski definition) is 0. The molecule has 0 amide bonds. The molecule has 0 aromatic heterocycles. The van der Waals surface area contributed by atoms with E-state index in [2.05, 4.69) is 6.92 Å². The summed E-state index contributed by atoms with van der Waals surface area (Å²) in [5, 5.41) is 0. The Morgan fingerprint density at radius 3 is 2.09 bits per heavy atom. The van der Waals surface area contributed by atoms with Gasteiger partial charge in [0.2, 0.25) is 0 Å². The van der Waals surface area contributed by atoms with Gasteiger partial charge in [-0.1, -0.05) is 70.8 Å². The van der Waals surface area contributed by atoms with Gasteiger partial charge >= 0.3 is 6.18 Å². The molecule has 1 fully saturated rings. The van der Waals surface area contributed by atoms with Crippen LogP contribution < -0.4 is 0 Å². The molecule has 5 heteroatoms. The first-order valence-electron chi connectivity index (χ1n) is 13.0. The Bertz CT molecular complexity index is 763. The molecule has 0 spiro atoms. The van der Waals surface area contributed by atoms with Crippen molar-refractivity contribution in [2.75, 3.05) is 0 Å². The van der Waals surface area contributed by atoms with Crippen LogP contribution in [0.5, 0.6) is 0 Å². The Morgan fingerprint density at radius 2 is 1.55 bits per heavy atom. The normalized spacial score (nSPS) is 21.2. The highest BCUT2D eigenvalue weighted by molar-refractivity contribution is 5.66. The highest BCUT2D eigenvalue weighted by Gasteiger charge is 2.38. The van der Waals surface area contributed by atoms with Gasteiger partial charge in [0.05, 0.1) is 0 Å². The van der Waals surface area contributed by atoms with Gasteiger partial charge in [-0.2, -0.15) is 13.2 Å². The smallest absolute Gasteiger partial charge is 0.206 e. The summed E-state index contributed by atoms with van der Waals surface area (Å²) in [7, 11) is 0. The maximum absolute atomic E-state index is 13.9. The molecular formula is C28H39F5. The van der Waals surface area contributed by atoms with Gasteiger partial charge in [-0.3, -0.25) is 0 Å². The molecule has 1 aromatic rings. The minimum absolute atomic E-state index is 0.239. The van der Waals surface area contributed by atoms with Crippen LogP contribution in [0.3, 0.4) is 0 Å². The molecule has 0 radical (unpaired) electrons. The molecule has 1 atom stereocenters. The minimum Gasteiger partial charge on any atom is -0.206 e. The van der Waals surface area contributed by atoms with Crippen molar-refractivity contribution in [1.82, 2.24) is 0 Å². The molecule has 0 saturated heterocycles. The lowest BCUT2D eigenvalue weighted by Crippen LogP contribution is -2.24. The molecule has 1 aromatic carbocycles. The van der Waals surface area contributed by atoms with Gasteiger partial charge in [-0.05, 0) is 79.5 Å². The molecule has 1 saturated carbocycles. The first-order valence-corrected chi connectivity index (χ1v) is 13.0. The van der Waals surface area contributed by atoms with Crippen LogP contribution in [0, 0.1) is 23.0 Å². The van der Waals surface area contributed by atoms with E-state index in [-0.39, 0.29) is 5.56 Å². The lowest BCUT2D eigenvalue weighted by Gasteiger charge is -2.38. The van der Waals surface area contributed by atoms with Crippen LogP contribution >= 0.6 is 0 Å². The van der Waals surface area contributed by atoms with Gasteiger partial charge in [0.1, 0.15) is 17.2 Å². The highest BCUT2D eigenvalue weighted by atomic mass is 19.4. The third kappa shape index (κ3) is 7.29. The fraction of sp³-hybridized carbons (Fsp3) is 0.714. The zero-order valence-corrected chi connectivity index (χ0v) is 20.0. The number of benzene rings is 1. The summed E-state index contributed by atoms with van der Waals surface area (Å²) >= 11 is 0. The van der Waals surface area contributed by atoms with Crippen LogP contribution in [0.4, 0.5) is 22.0 Å². The molecular weight excluding hydrogens is 431 g/mol. The van der Waals surface area contributed by atoms with E-state index in [9.17, 15) is 22.0 Å². The summed E-state index contributed by atoms with van der Waals surface area (Å²) < 4.78 is 66.3. The predicted octanol–water partition coefficient (Wildman–Crippen LogP) is 10.3. The second-order valence-corrected chi connectivity index (χ2v) is 10.4. The number of unbranched alkanes of at least 4 members (excludes halogenated alkanes) is 3.